The van der Waals surface area contributed by atoms with E-state index in [2.05, 4.69) is 9.93 Å². The van der Waals surface area contributed by atoms with Crippen molar-refractivity contribution < 1.29 is 13.2 Å². The molecule has 0 aliphatic heterocycles. The van der Waals surface area contributed by atoms with Crippen LogP contribution in [0, 0.1) is 0 Å². The summed E-state index contributed by atoms with van der Waals surface area (Å²) in [4.78, 5) is 1.98. The smallest absolute Gasteiger partial charge is 0.278 e. The van der Waals surface area contributed by atoms with Crippen LogP contribution in [0.3, 0.4) is 0 Å². The SMILES string of the molecule is CCCOc1cccc(/C=N/NS(=O)(=O)c2cc(Cl)ccc2Cl)c1. The molecule has 8 heteroatoms. The lowest BCUT2D eigenvalue weighted by Crippen LogP contribution is -2.18. The fraction of sp³-hybridized carbons (Fsp3) is 0.188. The molecule has 5 nitrogen and oxygen atoms in total. The number of benzene rings is 2. The normalized spacial score (nSPS) is 11.6. The minimum Gasteiger partial charge on any atom is -0.494 e. The summed E-state index contributed by atoms with van der Waals surface area (Å²) in [5.41, 5.74) is 0.698. The Kier molecular flexibility index (Phi) is 6.48. The molecule has 0 spiro atoms. The Morgan fingerprint density at radius 1 is 1.21 bits per heavy atom. The van der Waals surface area contributed by atoms with Crippen LogP contribution < -0.4 is 9.57 Å². The Bertz CT molecular complexity index is 839. The molecule has 0 unspecified atom stereocenters. The number of nitrogens with one attached hydrogen (secondary N) is 1. The van der Waals surface area contributed by atoms with Crippen molar-refractivity contribution in [2.75, 3.05) is 6.61 Å². The third-order valence-corrected chi connectivity index (χ3v) is 4.84. The standard InChI is InChI=1S/C16H16Cl2N2O3S/c1-2-8-23-14-5-3-4-12(9-14)11-19-20-24(21,22)16-10-13(17)6-7-15(16)18/h3-7,9-11,20H,2,8H2,1H3/b19-11+. The van der Waals surface area contributed by atoms with Crippen LogP contribution in [0.5, 0.6) is 5.75 Å². The largest absolute Gasteiger partial charge is 0.494 e. The van der Waals surface area contributed by atoms with E-state index in [9.17, 15) is 8.42 Å². The van der Waals surface area contributed by atoms with Crippen LogP contribution >= 0.6 is 23.2 Å². The summed E-state index contributed by atoms with van der Waals surface area (Å²) < 4.78 is 29.9. The molecule has 0 saturated heterocycles. The lowest BCUT2D eigenvalue weighted by atomic mass is 10.2. The van der Waals surface area contributed by atoms with Crippen LogP contribution in [0.4, 0.5) is 0 Å². The minimum atomic E-state index is -3.90. The number of sulfonamides is 1. The first-order chi connectivity index (χ1) is 11.4. The third-order valence-electron chi connectivity index (χ3n) is 2.90. The minimum absolute atomic E-state index is 0.0667. The molecule has 2 rings (SSSR count). The van der Waals surface area contributed by atoms with Crippen LogP contribution in [0.25, 0.3) is 0 Å². The predicted octanol–water partition coefficient (Wildman–Crippen LogP) is 4.09. The summed E-state index contributed by atoms with van der Waals surface area (Å²) in [7, 11) is -3.90. The van der Waals surface area contributed by atoms with Crippen LogP contribution in [0.1, 0.15) is 18.9 Å². The highest BCUT2D eigenvalue weighted by atomic mass is 35.5. The van der Waals surface area contributed by atoms with E-state index >= 15 is 0 Å². The fourth-order valence-electron chi connectivity index (χ4n) is 1.81. The summed E-state index contributed by atoms with van der Waals surface area (Å²) in [6.07, 6.45) is 2.29. The maximum atomic E-state index is 12.2. The first-order valence-corrected chi connectivity index (χ1v) is 9.39. The van der Waals surface area contributed by atoms with Gasteiger partial charge in [-0.25, -0.2) is 4.83 Å². The fourth-order valence-corrected chi connectivity index (χ4v) is 3.36. The van der Waals surface area contributed by atoms with Crippen LogP contribution in [-0.2, 0) is 10.0 Å². The highest BCUT2D eigenvalue weighted by Gasteiger charge is 2.17. The number of halogens is 2. The van der Waals surface area contributed by atoms with E-state index in [-0.39, 0.29) is 14.9 Å². The highest BCUT2D eigenvalue weighted by Crippen LogP contribution is 2.24. The van der Waals surface area contributed by atoms with Crippen LogP contribution in [0.2, 0.25) is 10.0 Å². The molecule has 0 fully saturated rings. The van der Waals surface area contributed by atoms with E-state index in [1.807, 2.05) is 13.0 Å². The lowest BCUT2D eigenvalue weighted by Gasteiger charge is -2.06. The zero-order chi connectivity index (χ0) is 17.6. The number of hydrazone groups is 1. The van der Waals surface area contributed by atoms with E-state index in [1.165, 1.54) is 24.4 Å². The van der Waals surface area contributed by atoms with E-state index < -0.39 is 10.0 Å². The van der Waals surface area contributed by atoms with Gasteiger partial charge in [0, 0.05) is 5.02 Å². The maximum absolute atomic E-state index is 12.2. The van der Waals surface area contributed by atoms with Gasteiger partial charge in [-0.2, -0.15) is 13.5 Å². The van der Waals surface area contributed by atoms with Crippen molar-refractivity contribution >= 4 is 39.4 Å². The van der Waals surface area contributed by atoms with Gasteiger partial charge < -0.3 is 4.74 Å². The number of hydrogen-bond acceptors (Lipinski definition) is 4. The van der Waals surface area contributed by atoms with Crippen LogP contribution in [0.15, 0.2) is 52.5 Å². The number of hydrogen-bond donors (Lipinski definition) is 1. The van der Waals surface area contributed by atoms with Gasteiger partial charge in [-0.05, 0) is 42.3 Å². The molecule has 2 aromatic carbocycles. The molecule has 0 aliphatic carbocycles. The topological polar surface area (TPSA) is 67.8 Å². The molecule has 2 aromatic rings. The molecular weight excluding hydrogens is 371 g/mol. The van der Waals surface area contributed by atoms with E-state index in [0.29, 0.717) is 17.9 Å². The number of rotatable bonds is 7. The van der Waals surface area contributed by atoms with Crippen molar-refractivity contribution in [3.05, 3.63) is 58.1 Å². The average Bonchev–Trinajstić information content (AvgIpc) is 2.55. The molecule has 0 saturated carbocycles. The molecule has 0 radical (unpaired) electrons. The van der Waals surface area contributed by atoms with Gasteiger partial charge in [0.1, 0.15) is 10.6 Å². The monoisotopic (exact) mass is 386 g/mol. The van der Waals surface area contributed by atoms with Gasteiger partial charge in [-0.1, -0.05) is 42.3 Å². The quantitative estimate of drug-likeness (QED) is 0.575. The molecule has 24 heavy (non-hydrogen) atoms. The van der Waals surface area contributed by atoms with Gasteiger partial charge in [-0.3, -0.25) is 0 Å². The second-order valence-corrected chi connectivity index (χ2v) is 7.32. The second kappa shape index (κ2) is 8.37. The van der Waals surface area contributed by atoms with Crippen molar-refractivity contribution in [2.24, 2.45) is 5.10 Å². The zero-order valence-corrected chi connectivity index (χ0v) is 15.2. The molecule has 128 valence electrons. The van der Waals surface area contributed by atoms with Crippen molar-refractivity contribution in [1.82, 2.24) is 4.83 Å². The third kappa shape index (κ3) is 5.12. The van der Waals surface area contributed by atoms with Gasteiger partial charge in [0.25, 0.3) is 10.0 Å². The Morgan fingerprint density at radius 2 is 2.00 bits per heavy atom. The number of ether oxygens (including phenoxy) is 1. The van der Waals surface area contributed by atoms with Gasteiger partial charge in [0.05, 0.1) is 17.8 Å². The predicted molar refractivity (Wildman–Crippen MR) is 96.6 cm³/mol. The zero-order valence-electron chi connectivity index (χ0n) is 12.9. The first kappa shape index (κ1) is 18.6. The van der Waals surface area contributed by atoms with Crippen molar-refractivity contribution in [1.29, 1.82) is 0 Å². The molecular formula is C16H16Cl2N2O3S. The molecule has 0 amide bonds. The van der Waals surface area contributed by atoms with E-state index in [1.54, 1.807) is 18.2 Å². The van der Waals surface area contributed by atoms with Crippen molar-refractivity contribution in [2.45, 2.75) is 18.2 Å². The highest BCUT2D eigenvalue weighted by molar-refractivity contribution is 7.89. The average molecular weight is 387 g/mol. The summed E-state index contributed by atoms with van der Waals surface area (Å²) in [6.45, 7) is 2.63. The molecule has 0 aliphatic rings. The Labute approximate surface area is 151 Å². The van der Waals surface area contributed by atoms with Crippen LogP contribution in [-0.4, -0.2) is 21.2 Å². The van der Waals surface area contributed by atoms with Gasteiger partial charge in [0.2, 0.25) is 0 Å². The summed E-state index contributed by atoms with van der Waals surface area (Å²) in [5, 5.41) is 4.10. The summed E-state index contributed by atoms with van der Waals surface area (Å²) in [6, 6.07) is 11.4. The molecule has 0 atom stereocenters. The Hall–Kier alpha value is -1.76. The molecule has 0 heterocycles. The number of nitrogens with zero attached hydrogens (tertiary/aromatic N) is 1. The van der Waals surface area contributed by atoms with E-state index in [4.69, 9.17) is 27.9 Å². The van der Waals surface area contributed by atoms with Gasteiger partial charge >= 0.3 is 0 Å². The molecule has 1 N–H and O–H groups in total. The Balaban J connectivity index is 2.11. The summed E-state index contributed by atoms with van der Waals surface area (Å²) >= 11 is 11.7. The molecule has 0 aromatic heterocycles. The Morgan fingerprint density at radius 3 is 2.75 bits per heavy atom. The second-order valence-electron chi connectivity index (χ2n) is 4.85. The van der Waals surface area contributed by atoms with Crippen molar-refractivity contribution in [3.8, 4) is 5.75 Å². The van der Waals surface area contributed by atoms with Crippen molar-refractivity contribution in [3.63, 3.8) is 0 Å². The lowest BCUT2D eigenvalue weighted by molar-refractivity contribution is 0.317. The van der Waals surface area contributed by atoms with E-state index in [0.717, 1.165) is 6.42 Å². The van der Waals surface area contributed by atoms with Gasteiger partial charge in [0.15, 0.2) is 0 Å². The summed E-state index contributed by atoms with van der Waals surface area (Å²) in [5.74, 6) is 0.696. The first-order valence-electron chi connectivity index (χ1n) is 7.15. The maximum Gasteiger partial charge on any atom is 0.278 e. The van der Waals surface area contributed by atoms with Gasteiger partial charge in [-0.15, -0.1) is 0 Å². The molecule has 0 bridgehead atoms.